The van der Waals surface area contributed by atoms with E-state index >= 15 is 0 Å². The average Bonchev–Trinajstić information content (AvgIpc) is 2.58. The van der Waals surface area contributed by atoms with Crippen LogP contribution in [0, 0.1) is 0 Å². The highest BCUT2D eigenvalue weighted by Crippen LogP contribution is 2.44. The summed E-state index contributed by atoms with van der Waals surface area (Å²) >= 11 is 0. The standard InChI is InChI=1S/C20H22O4/c1-20(2)12-16(14-10-9-13(22-3)11-18(14)24-20)19(21)15-7-5-6-8-17(15)23-4/h5-11,16H,12H2,1-4H3. The summed E-state index contributed by atoms with van der Waals surface area (Å²) in [5.41, 5.74) is 1.07. The smallest absolute Gasteiger partial charge is 0.174 e. The molecule has 0 N–H and O–H groups in total. The Morgan fingerprint density at radius 1 is 1.12 bits per heavy atom. The molecule has 1 aliphatic rings. The summed E-state index contributed by atoms with van der Waals surface area (Å²) in [5.74, 6) is 1.80. The van der Waals surface area contributed by atoms with Crippen LogP contribution in [0.15, 0.2) is 42.5 Å². The highest BCUT2D eigenvalue weighted by molar-refractivity contribution is 6.03. The van der Waals surface area contributed by atoms with Crippen LogP contribution < -0.4 is 14.2 Å². The number of ketones is 1. The zero-order chi connectivity index (χ0) is 17.3. The Hall–Kier alpha value is -2.49. The predicted molar refractivity (Wildman–Crippen MR) is 92.4 cm³/mol. The van der Waals surface area contributed by atoms with E-state index in [1.54, 1.807) is 14.2 Å². The molecular formula is C20H22O4. The number of carbonyl (C=O) groups is 1. The quantitative estimate of drug-likeness (QED) is 0.789. The third-order valence-corrected chi connectivity index (χ3v) is 4.37. The Morgan fingerprint density at radius 3 is 2.58 bits per heavy atom. The molecule has 0 radical (unpaired) electrons. The maximum Gasteiger partial charge on any atom is 0.174 e. The number of carbonyl (C=O) groups excluding carboxylic acids is 1. The molecule has 0 saturated carbocycles. The third kappa shape index (κ3) is 2.96. The van der Waals surface area contributed by atoms with Gasteiger partial charge in [0.05, 0.1) is 25.7 Å². The second kappa shape index (κ2) is 6.19. The highest BCUT2D eigenvalue weighted by atomic mass is 16.5. The van der Waals surface area contributed by atoms with Crippen LogP contribution in [0.3, 0.4) is 0 Å². The van der Waals surface area contributed by atoms with Crippen molar-refractivity contribution in [3.05, 3.63) is 53.6 Å². The molecule has 0 aliphatic carbocycles. The van der Waals surface area contributed by atoms with E-state index in [2.05, 4.69) is 0 Å². The zero-order valence-corrected chi connectivity index (χ0v) is 14.5. The summed E-state index contributed by atoms with van der Waals surface area (Å²) in [5, 5.41) is 0. The van der Waals surface area contributed by atoms with Gasteiger partial charge in [-0.3, -0.25) is 4.79 Å². The number of rotatable bonds is 4. The average molecular weight is 326 g/mol. The van der Waals surface area contributed by atoms with Gasteiger partial charge in [0.2, 0.25) is 0 Å². The molecule has 0 spiro atoms. The molecule has 0 amide bonds. The minimum atomic E-state index is -0.429. The van der Waals surface area contributed by atoms with Crippen molar-refractivity contribution < 1.29 is 19.0 Å². The Balaban J connectivity index is 2.06. The van der Waals surface area contributed by atoms with E-state index in [0.717, 1.165) is 11.3 Å². The number of para-hydroxylation sites is 1. The summed E-state index contributed by atoms with van der Waals surface area (Å²) in [6.45, 7) is 4.00. The molecule has 3 rings (SSSR count). The third-order valence-electron chi connectivity index (χ3n) is 4.37. The van der Waals surface area contributed by atoms with Crippen molar-refractivity contribution in [3.8, 4) is 17.2 Å². The van der Waals surface area contributed by atoms with E-state index in [0.29, 0.717) is 23.5 Å². The van der Waals surface area contributed by atoms with E-state index in [4.69, 9.17) is 14.2 Å². The molecule has 2 aromatic carbocycles. The summed E-state index contributed by atoms with van der Waals surface area (Å²) in [7, 11) is 3.20. The summed E-state index contributed by atoms with van der Waals surface area (Å²) in [4.78, 5) is 13.2. The molecule has 1 atom stereocenters. The molecule has 4 heteroatoms. The number of benzene rings is 2. The van der Waals surface area contributed by atoms with E-state index < -0.39 is 5.60 Å². The van der Waals surface area contributed by atoms with Gasteiger partial charge in [-0.15, -0.1) is 0 Å². The summed E-state index contributed by atoms with van der Waals surface area (Å²) < 4.78 is 16.7. The summed E-state index contributed by atoms with van der Waals surface area (Å²) in [6.07, 6.45) is 0.614. The van der Waals surface area contributed by atoms with E-state index in [-0.39, 0.29) is 11.7 Å². The topological polar surface area (TPSA) is 44.8 Å². The predicted octanol–water partition coefficient (Wildman–Crippen LogP) is 4.23. The monoisotopic (exact) mass is 326 g/mol. The van der Waals surface area contributed by atoms with Gasteiger partial charge in [-0.05, 0) is 32.0 Å². The molecule has 0 bridgehead atoms. The van der Waals surface area contributed by atoms with Crippen LogP contribution in [0.25, 0.3) is 0 Å². The van der Waals surface area contributed by atoms with Crippen molar-refractivity contribution in [2.24, 2.45) is 0 Å². The van der Waals surface area contributed by atoms with Gasteiger partial charge < -0.3 is 14.2 Å². The van der Waals surface area contributed by atoms with Crippen LogP contribution in [0.4, 0.5) is 0 Å². The van der Waals surface area contributed by atoms with Crippen molar-refractivity contribution in [2.45, 2.75) is 31.8 Å². The van der Waals surface area contributed by atoms with Crippen LogP contribution >= 0.6 is 0 Å². The van der Waals surface area contributed by atoms with Crippen molar-refractivity contribution in [1.29, 1.82) is 0 Å². The number of methoxy groups -OCH3 is 2. The van der Waals surface area contributed by atoms with Crippen molar-refractivity contribution >= 4 is 5.78 Å². The van der Waals surface area contributed by atoms with Gasteiger partial charge in [-0.1, -0.05) is 18.2 Å². The molecule has 0 fully saturated rings. The number of hydrogen-bond acceptors (Lipinski definition) is 4. The SMILES string of the molecule is COc1ccc2c(c1)OC(C)(C)CC2C(=O)c1ccccc1OC. The van der Waals surface area contributed by atoms with Gasteiger partial charge in [0, 0.05) is 18.1 Å². The number of Topliss-reactive ketones (excluding diaryl/α,β-unsaturated/α-hetero) is 1. The fraction of sp³-hybridized carbons (Fsp3) is 0.350. The molecule has 0 saturated heterocycles. The van der Waals surface area contributed by atoms with E-state index in [1.807, 2.05) is 56.3 Å². The number of ether oxygens (including phenoxy) is 3. The second-order valence-corrected chi connectivity index (χ2v) is 6.59. The molecule has 1 aliphatic heterocycles. The molecule has 24 heavy (non-hydrogen) atoms. The first-order valence-corrected chi connectivity index (χ1v) is 7.99. The Morgan fingerprint density at radius 2 is 1.88 bits per heavy atom. The zero-order valence-electron chi connectivity index (χ0n) is 14.5. The Bertz CT molecular complexity index is 764. The number of fused-ring (bicyclic) bond motifs is 1. The van der Waals surface area contributed by atoms with Gasteiger partial charge in [0.1, 0.15) is 22.8 Å². The Kier molecular flexibility index (Phi) is 4.22. The maximum atomic E-state index is 13.2. The minimum Gasteiger partial charge on any atom is -0.497 e. The molecule has 0 aromatic heterocycles. The van der Waals surface area contributed by atoms with Crippen molar-refractivity contribution in [3.63, 3.8) is 0 Å². The second-order valence-electron chi connectivity index (χ2n) is 6.59. The molecular weight excluding hydrogens is 304 g/mol. The lowest BCUT2D eigenvalue weighted by molar-refractivity contribution is 0.0614. The molecule has 126 valence electrons. The van der Waals surface area contributed by atoms with Gasteiger partial charge in [-0.25, -0.2) is 0 Å². The fourth-order valence-corrected chi connectivity index (χ4v) is 3.23. The summed E-state index contributed by atoms with van der Waals surface area (Å²) in [6, 6.07) is 13.0. The largest absolute Gasteiger partial charge is 0.497 e. The van der Waals surface area contributed by atoms with Crippen molar-refractivity contribution in [1.82, 2.24) is 0 Å². The van der Waals surface area contributed by atoms with Gasteiger partial charge in [0.15, 0.2) is 5.78 Å². The first-order valence-electron chi connectivity index (χ1n) is 7.99. The lowest BCUT2D eigenvalue weighted by Gasteiger charge is -2.37. The molecule has 1 heterocycles. The van der Waals surface area contributed by atoms with Crippen LogP contribution in [-0.4, -0.2) is 25.6 Å². The van der Waals surface area contributed by atoms with Gasteiger partial charge in [-0.2, -0.15) is 0 Å². The normalized spacial score (nSPS) is 18.2. The first-order chi connectivity index (χ1) is 11.4. The van der Waals surface area contributed by atoms with Crippen LogP contribution in [0.2, 0.25) is 0 Å². The highest BCUT2D eigenvalue weighted by Gasteiger charge is 2.38. The maximum absolute atomic E-state index is 13.2. The number of hydrogen-bond donors (Lipinski definition) is 0. The van der Waals surface area contributed by atoms with Crippen LogP contribution in [0.5, 0.6) is 17.2 Å². The van der Waals surface area contributed by atoms with Gasteiger partial charge >= 0.3 is 0 Å². The van der Waals surface area contributed by atoms with Gasteiger partial charge in [0.25, 0.3) is 0 Å². The van der Waals surface area contributed by atoms with Crippen molar-refractivity contribution in [2.75, 3.05) is 14.2 Å². The fourth-order valence-electron chi connectivity index (χ4n) is 3.23. The van der Waals surface area contributed by atoms with E-state index in [1.165, 1.54) is 0 Å². The molecule has 4 nitrogen and oxygen atoms in total. The Labute approximate surface area is 142 Å². The lowest BCUT2D eigenvalue weighted by Crippen LogP contribution is -2.37. The lowest BCUT2D eigenvalue weighted by atomic mass is 9.80. The van der Waals surface area contributed by atoms with Crippen LogP contribution in [-0.2, 0) is 0 Å². The first kappa shape index (κ1) is 16.4. The van der Waals surface area contributed by atoms with E-state index in [9.17, 15) is 4.79 Å². The molecule has 2 aromatic rings. The van der Waals surface area contributed by atoms with Crippen LogP contribution in [0.1, 0.15) is 42.1 Å². The molecule has 1 unspecified atom stereocenters. The minimum absolute atomic E-state index is 0.0511.